The third kappa shape index (κ3) is 3.44. The Morgan fingerprint density at radius 2 is 1.92 bits per heavy atom. The minimum Gasteiger partial charge on any atom is -0.408 e. The molecule has 2 aromatic carbocycles. The molecule has 0 saturated carbocycles. The fourth-order valence-corrected chi connectivity index (χ4v) is 3.80. The fraction of sp³-hybridized carbons (Fsp3) is 0.0714. The number of alkyl halides is 2. The molecule has 1 heterocycles. The monoisotopic (exact) mass is 372 g/mol. The summed E-state index contributed by atoms with van der Waals surface area (Å²) in [6, 6.07) is 9.68. The van der Waals surface area contributed by atoms with Crippen LogP contribution in [-0.4, -0.2) is 19.2 Å². The number of aromatic nitrogens is 1. The highest BCUT2D eigenvalue weighted by Gasteiger charge is 2.19. The number of halogens is 2. The molecule has 0 radical (unpaired) electrons. The van der Waals surface area contributed by atoms with Crippen molar-refractivity contribution in [2.75, 3.05) is 4.72 Å². The molecule has 0 amide bonds. The Balaban J connectivity index is 1.97. The lowest BCUT2D eigenvalue weighted by Gasteiger charge is -2.12. The number of H-pyrrole nitrogens is 1. The van der Waals surface area contributed by atoms with Gasteiger partial charge in [0.25, 0.3) is 15.8 Å². The topological polar surface area (TPSA) is 92.2 Å². The summed E-state index contributed by atoms with van der Waals surface area (Å²) in [5.41, 5.74) is 0.476. The van der Waals surface area contributed by atoms with Crippen LogP contribution >= 0.6 is 11.8 Å². The van der Waals surface area contributed by atoms with Gasteiger partial charge in [-0.05, 0) is 24.3 Å². The Morgan fingerprint density at radius 1 is 1.17 bits per heavy atom. The van der Waals surface area contributed by atoms with Gasteiger partial charge in [-0.2, -0.15) is 8.78 Å². The van der Waals surface area contributed by atoms with Crippen LogP contribution in [0.4, 0.5) is 14.5 Å². The van der Waals surface area contributed by atoms with Crippen molar-refractivity contribution in [3.8, 4) is 0 Å². The maximum atomic E-state index is 12.6. The van der Waals surface area contributed by atoms with Gasteiger partial charge in [0.2, 0.25) is 0 Å². The summed E-state index contributed by atoms with van der Waals surface area (Å²) in [7, 11) is -4.04. The third-order valence-corrected chi connectivity index (χ3v) is 5.20. The first-order chi connectivity index (χ1) is 11.3. The molecule has 10 heteroatoms. The van der Waals surface area contributed by atoms with Gasteiger partial charge in [0.1, 0.15) is 0 Å². The zero-order valence-corrected chi connectivity index (χ0v) is 13.5. The number of hydrogen-bond acceptors (Lipinski definition) is 5. The van der Waals surface area contributed by atoms with E-state index in [9.17, 15) is 22.0 Å². The molecule has 2 N–H and O–H groups in total. The Labute approximate surface area is 138 Å². The molecule has 0 unspecified atom stereocenters. The van der Waals surface area contributed by atoms with Crippen molar-refractivity contribution < 1.29 is 21.6 Å². The van der Waals surface area contributed by atoms with E-state index in [0.29, 0.717) is 5.52 Å². The highest BCUT2D eigenvalue weighted by Crippen LogP contribution is 2.33. The SMILES string of the molecule is O=c1[nH]c2ccc(S(=O)(=O)Nc3ccccc3SC(F)F)cc2o1. The number of aromatic amines is 1. The largest absolute Gasteiger partial charge is 0.417 e. The lowest BCUT2D eigenvalue weighted by atomic mass is 10.3. The highest BCUT2D eigenvalue weighted by molar-refractivity contribution is 7.99. The number of fused-ring (bicyclic) bond motifs is 1. The Bertz CT molecular complexity index is 1040. The molecule has 126 valence electrons. The maximum absolute atomic E-state index is 12.6. The number of nitrogens with one attached hydrogen (secondary N) is 2. The molecule has 0 saturated heterocycles. The van der Waals surface area contributed by atoms with Gasteiger partial charge >= 0.3 is 5.76 Å². The molecule has 0 spiro atoms. The van der Waals surface area contributed by atoms with Crippen molar-refractivity contribution in [1.29, 1.82) is 0 Å². The van der Waals surface area contributed by atoms with E-state index >= 15 is 0 Å². The zero-order chi connectivity index (χ0) is 17.3. The predicted octanol–water partition coefficient (Wildman–Crippen LogP) is 3.24. The van der Waals surface area contributed by atoms with Crippen LogP contribution < -0.4 is 10.5 Å². The van der Waals surface area contributed by atoms with Crippen LogP contribution in [0.1, 0.15) is 0 Å². The Morgan fingerprint density at radius 3 is 2.67 bits per heavy atom. The van der Waals surface area contributed by atoms with Crippen LogP contribution in [-0.2, 0) is 10.0 Å². The second-order valence-corrected chi connectivity index (χ2v) is 7.37. The molecule has 0 bridgehead atoms. The average molecular weight is 372 g/mol. The average Bonchev–Trinajstić information content (AvgIpc) is 2.87. The molecule has 6 nitrogen and oxygen atoms in total. The predicted molar refractivity (Wildman–Crippen MR) is 85.9 cm³/mol. The third-order valence-electron chi connectivity index (χ3n) is 3.05. The minimum atomic E-state index is -4.04. The molecule has 0 aliphatic heterocycles. The number of oxazole rings is 1. The van der Waals surface area contributed by atoms with Gasteiger partial charge in [-0.3, -0.25) is 9.71 Å². The first-order valence-electron chi connectivity index (χ1n) is 6.55. The van der Waals surface area contributed by atoms with Crippen molar-refractivity contribution >= 4 is 38.6 Å². The molecule has 24 heavy (non-hydrogen) atoms. The van der Waals surface area contributed by atoms with Crippen molar-refractivity contribution in [2.24, 2.45) is 0 Å². The normalized spacial score (nSPS) is 12.0. The van der Waals surface area contributed by atoms with Crippen LogP contribution in [0, 0.1) is 0 Å². The van der Waals surface area contributed by atoms with E-state index in [-0.39, 0.29) is 32.8 Å². The van der Waals surface area contributed by atoms with Gasteiger partial charge in [0, 0.05) is 11.0 Å². The lowest BCUT2D eigenvalue weighted by Crippen LogP contribution is -2.13. The van der Waals surface area contributed by atoms with E-state index in [1.54, 1.807) is 0 Å². The number of anilines is 1. The number of thioether (sulfide) groups is 1. The molecule has 0 atom stereocenters. The van der Waals surface area contributed by atoms with Crippen molar-refractivity contribution in [2.45, 2.75) is 15.5 Å². The van der Waals surface area contributed by atoms with Crippen LogP contribution in [0.5, 0.6) is 0 Å². The molecular formula is C14H10F2N2O4S2. The molecule has 3 rings (SSSR count). The number of benzene rings is 2. The summed E-state index contributed by atoms with van der Waals surface area (Å²) in [5, 5.41) is 0. The summed E-state index contributed by atoms with van der Waals surface area (Å²) in [6.07, 6.45) is 0. The molecular weight excluding hydrogens is 362 g/mol. The van der Waals surface area contributed by atoms with E-state index in [1.165, 1.54) is 42.5 Å². The van der Waals surface area contributed by atoms with Crippen molar-refractivity contribution in [3.63, 3.8) is 0 Å². The number of hydrogen-bond donors (Lipinski definition) is 2. The van der Waals surface area contributed by atoms with Gasteiger partial charge < -0.3 is 4.42 Å². The minimum absolute atomic E-state index is 0.0402. The number of rotatable bonds is 5. The van der Waals surface area contributed by atoms with Crippen molar-refractivity contribution in [1.82, 2.24) is 4.98 Å². The van der Waals surface area contributed by atoms with Crippen LogP contribution in [0.25, 0.3) is 11.1 Å². The van der Waals surface area contributed by atoms with Crippen LogP contribution in [0.2, 0.25) is 0 Å². The first kappa shape index (κ1) is 16.5. The van der Waals surface area contributed by atoms with E-state index in [1.807, 2.05) is 0 Å². The van der Waals surface area contributed by atoms with E-state index < -0.39 is 21.5 Å². The van der Waals surface area contributed by atoms with Crippen LogP contribution in [0.15, 0.2) is 61.5 Å². The maximum Gasteiger partial charge on any atom is 0.417 e. The molecule has 1 aromatic heterocycles. The summed E-state index contributed by atoms with van der Waals surface area (Å²) in [5.74, 6) is -3.38. The smallest absolute Gasteiger partial charge is 0.408 e. The number of sulfonamides is 1. The Hall–Kier alpha value is -2.33. The molecule has 0 fully saturated rings. The van der Waals surface area contributed by atoms with Gasteiger partial charge in [0.15, 0.2) is 5.58 Å². The highest BCUT2D eigenvalue weighted by atomic mass is 32.2. The van der Waals surface area contributed by atoms with E-state index in [2.05, 4.69) is 9.71 Å². The second kappa shape index (κ2) is 6.29. The summed E-state index contributed by atoms with van der Waals surface area (Å²) in [6.45, 7) is 0. The van der Waals surface area contributed by atoms with Gasteiger partial charge in [-0.15, -0.1) is 0 Å². The molecule has 3 aromatic rings. The summed E-state index contributed by atoms with van der Waals surface area (Å²) in [4.78, 5) is 13.5. The lowest BCUT2D eigenvalue weighted by molar-refractivity contribution is 0.252. The fourth-order valence-electron chi connectivity index (χ4n) is 2.05. The van der Waals surface area contributed by atoms with Crippen molar-refractivity contribution in [3.05, 3.63) is 53.0 Å². The van der Waals surface area contributed by atoms with Gasteiger partial charge in [-0.25, -0.2) is 13.2 Å². The second-order valence-electron chi connectivity index (χ2n) is 4.65. The molecule has 0 aliphatic carbocycles. The van der Waals surface area contributed by atoms with Gasteiger partial charge in [0.05, 0.1) is 16.1 Å². The molecule has 0 aliphatic rings. The summed E-state index contributed by atoms with van der Waals surface area (Å²) < 4.78 is 57.1. The van der Waals surface area contributed by atoms with Crippen LogP contribution in [0.3, 0.4) is 0 Å². The number of para-hydroxylation sites is 1. The quantitative estimate of drug-likeness (QED) is 0.671. The van der Waals surface area contributed by atoms with Gasteiger partial charge in [-0.1, -0.05) is 23.9 Å². The summed E-state index contributed by atoms with van der Waals surface area (Å²) >= 11 is 0.242. The van der Waals surface area contributed by atoms with E-state index in [0.717, 1.165) is 0 Å². The Kier molecular flexibility index (Phi) is 4.33. The van der Waals surface area contributed by atoms with E-state index in [4.69, 9.17) is 4.42 Å². The standard InChI is InChI=1S/C14H10F2N2O4S2/c15-13(16)23-12-4-2-1-3-10(12)18-24(20,21)8-5-6-9-11(7-8)22-14(19)17-9/h1-7,13,18H,(H,17,19). The first-order valence-corrected chi connectivity index (χ1v) is 8.91. The zero-order valence-electron chi connectivity index (χ0n) is 11.8.